The van der Waals surface area contributed by atoms with Gasteiger partial charge in [-0.1, -0.05) is 0 Å². The first-order valence-corrected chi connectivity index (χ1v) is 8.19. The van der Waals surface area contributed by atoms with Gasteiger partial charge in [0.1, 0.15) is 0 Å². The molecule has 1 aliphatic rings. The number of nitrogens with zero attached hydrogens (tertiary/aromatic N) is 1. The average molecular weight is 329 g/mol. The van der Waals surface area contributed by atoms with Crippen molar-refractivity contribution < 1.29 is 24.2 Å². The van der Waals surface area contributed by atoms with Gasteiger partial charge < -0.3 is 25.4 Å². The first-order valence-electron chi connectivity index (χ1n) is 8.19. The van der Waals surface area contributed by atoms with Gasteiger partial charge in [-0.3, -0.25) is 9.59 Å². The van der Waals surface area contributed by atoms with Gasteiger partial charge in [0.2, 0.25) is 0 Å². The second-order valence-electron chi connectivity index (χ2n) is 5.47. The van der Waals surface area contributed by atoms with Crippen LogP contribution in [0, 0.1) is 0 Å². The Balaban J connectivity index is 2.20. The standard InChI is InChI=1S/C15H27N3O5/c1-2-23-15(22)18-9-6-12(7-10-18)17-14(21)13(20)16-8-4-3-5-11-19/h12,19H,2-11H2,1H3,(H,16,20)(H,17,21). The predicted octanol–water partition coefficient (Wildman–Crippen LogP) is 0.00230. The maximum absolute atomic E-state index is 11.8. The summed E-state index contributed by atoms with van der Waals surface area (Å²) in [7, 11) is 0. The fraction of sp³-hybridized carbons (Fsp3) is 0.800. The first kappa shape index (κ1) is 19.2. The summed E-state index contributed by atoms with van der Waals surface area (Å²) in [4.78, 5) is 36.6. The monoisotopic (exact) mass is 329 g/mol. The number of piperidine rings is 1. The van der Waals surface area contributed by atoms with Crippen LogP contribution in [0.2, 0.25) is 0 Å². The number of unbranched alkanes of at least 4 members (excludes halogenated alkanes) is 2. The summed E-state index contributed by atoms with van der Waals surface area (Å²) in [5.41, 5.74) is 0. The molecule has 0 bridgehead atoms. The molecule has 0 saturated carbocycles. The van der Waals surface area contributed by atoms with Crippen LogP contribution in [0.4, 0.5) is 4.79 Å². The van der Waals surface area contributed by atoms with Crippen molar-refractivity contribution in [2.24, 2.45) is 0 Å². The van der Waals surface area contributed by atoms with Crippen molar-refractivity contribution in [1.82, 2.24) is 15.5 Å². The minimum absolute atomic E-state index is 0.103. The van der Waals surface area contributed by atoms with E-state index in [9.17, 15) is 14.4 Å². The number of ether oxygens (including phenoxy) is 1. The molecule has 3 amide bonds. The molecule has 8 heteroatoms. The van der Waals surface area contributed by atoms with Crippen LogP contribution in [0.15, 0.2) is 0 Å². The fourth-order valence-electron chi connectivity index (χ4n) is 2.37. The molecule has 0 spiro atoms. The highest BCUT2D eigenvalue weighted by atomic mass is 16.6. The third kappa shape index (κ3) is 7.32. The number of aliphatic hydroxyl groups excluding tert-OH is 1. The first-order chi connectivity index (χ1) is 11.1. The van der Waals surface area contributed by atoms with Gasteiger partial charge in [0.15, 0.2) is 0 Å². The highest BCUT2D eigenvalue weighted by Crippen LogP contribution is 2.11. The maximum Gasteiger partial charge on any atom is 0.409 e. The number of hydrogen-bond acceptors (Lipinski definition) is 5. The lowest BCUT2D eigenvalue weighted by atomic mass is 10.1. The molecule has 1 aliphatic heterocycles. The van der Waals surface area contributed by atoms with Gasteiger partial charge in [-0.2, -0.15) is 0 Å². The molecule has 1 fully saturated rings. The van der Waals surface area contributed by atoms with Gasteiger partial charge >= 0.3 is 17.9 Å². The van der Waals surface area contributed by atoms with E-state index in [0.717, 1.165) is 12.8 Å². The molecule has 23 heavy (non-hydrogen) atoms. The van der Waals surface area contributed by atoms with E-state index in [4.69, 9.17) is 9.84 Å². The summed E-state index contributed by atoms with van der Waals surface area (Å²) in [5.74, 6) is -1.27. The van der Waals surface area contributed by atoms with Crippen molar-refractivity contribution >= 4 is 17.9 Å². The Hall–Kier alpha value is -1.83. The van der Waals surface area contributed by atoms with Crippen molar-refractivity contribution in [2.45, 2.75) is 45.1 Å². The number of amides is 3. The number of aliphatic hydroxyl groups is 1. The lowest BCUT2D eigenvalue weighted by Crippen LogP contribution is -2.50. The normalized spacial score (nSPS) is 15.1. The SMILES string of the molecule is CCOC(=O)N1CCC(NC(=O)C(=O)NCCCCCO)CC1. The van der Waals surface area contributed by atoms with Crippen LogP contribution >= 0.6 is 0 Å². The van der Waals surface area contributed by atoms with Crippen LogP contribution in [0.3, 0.4) is 0 Å². The van der Waals surface area contributed by atoms with Crippen LogP contribution in [0.1, 0.15) is 39.0 Å². The Bertz CT molecular complexity index is 395. The molecule has 1 heterocycles. The third-order valence-electron chi connectivity index (χ3n) is 3.68. The fourth-order valence-corrected chi connectivity index (χ4v) is 2.37. The number of rotatable bonds is 7. The highest BCUT2D eigenvalue weighted by molar-refractivity contribution is 6.35. The molecular formula is C15H27N3O5. The zero-order valence-electron chi connectivity index (χ0n) is 13.7. The maximum atomic E-state index is 11.8. The molecule has 0 aliphatic carbocycles. The Morgan fingerprint density at radius 1 is 1.13 bits per heavy atom. The zero-order valence-corrected chi connectivity index (χ0v) is 13.7. The van der Waals surface area contributed by atoms with Gasteiger partial charge in [-0.25, -0.2) is 4.79 Å². The van der Waals surface area contributed by atoms with Gasteiger partial charge in [0.05, 0.1) is 6.61 Å². The second-order valence-corrected chi connectivity index (χ2v) is 5.47. The van der Waals surface area contributed by atoms with Crippen LogP contribution in [0.25, 0.3) is 0 Å². The van der Waals surface area contributed by atoms with Crippen LogP contribution < -0.4 is 10.6 Å². The summed E-state index contributed by atoms with van der Waals surface area (Å²) in [6.07, 6.45) is 3.12. The van der Waals surface area contributed by atoms with Crippen molar-refractivity contribution in [3.05, 3.63) is 0 Å². The Kier molecular flexibility index (Phi) is 9.04. The summed E-state index contributed by atoms with van der Waals surface area (Å²) in [6.45, 7) is 3.67. The largest absolute Gasteiger partial charge is 0.450 e. The van der Waals surface area contributed by atoms with Crippen LogP contribution in [0.5, 0.6) is 0 Å². The van der Waals surface area contributed by atoms with E-state index >= 15 is 0 Å². The van der Waals surface area contributed by atoms with E-state index < -0.39 is 11.8 Å². The quantitative estimate of drug-likeness (QED) is 0.450. The molecular weight excluding hydrogens is 302 g/mol. The average Bonchev–Trinajstić information content (AvgIpc) is 2.55. The topological polar surface area (TPSA) is 108 Å². The van der Waals surface area contributed by atoms with Crippen LogP contribution in [-0.2, 0) is 14.3 Å². The van der Waals surface area contributed by atoms with Gasteiger partial charge in [0, 0.05) is 32.3 Å². The molecule has 0 radical (unpaired) electrons. The number of nitrogens with one attached hydrogen (secondary N) is 2. The van der Waals surface area contributed by atoms with E-state index in [2.05, 4.69) is 10.6 Å². The van der Waals surface area contributed by atoms with Crippen molar-refractivity contribution in [3.63, 3.8) is 0 Å². The molecule has 1 rings (SSSR count). The predicted molar refractivity (Wildman–Crippen MR) is 83.7 cm³/mol. The Morgan fingerprint density at radius 2 is 1.83 bits per heavy atom. The summed E-state index contributed by atoms with van der Waals surface area (Å²) >= 11 is 0. The lowest BCUT2D eigenvalue weighted by molar-refractivity contribution is -0.139. The van der Waals surface area contributed by atoms with E-state index in [-0.39, 0.29) is 18.7 Å². The molecule has 8 nitrogen and oxygen atoms in total. The smallest absolute Gasteiger partial charge is 0.409 e. The number of hydrogen-bond donors (Lipinski definition) is 3. The summed E-state index contributed by atoms with van der Waals surface area (Å²) in [5, 5.41) is 13.9. The molecule has 3 N–H and O–H groups in total. The summed E-state index contributed by atoms with van der Waals surface area (Å²) in [6, 6.07) is -0.103. The summed E-state index contributed by atoms with van der Waals surface area (Å²) < 4.78 is 4.93. The minimum atomic E-state index is -0.637. The van der Waals surface area contributed by atoms with Gasteiger partial charge in [-0.05, 0) is 39.0 Å². The molecule has 0 aromatic heterocycles. The van der Waals surface area contributed by atoms with E-state index in [1.807, 2.05) is 0 Å². The van der Waals surface area contributed by atoms with E-state index in [1.165, 1.54) is 0 Å². The third-order valence-corrected chi connectivity index (χ3v) is 3.68. The molecule has 0 unspecified atom stereocenters. The van der Waals surface area contributed by atoms with Crippen molar-refractivity contribution in [2.75, 3.05) is 32.8 Å². The number of likely N-dealkylation sites (tertiary alicyclic amines) is 1. The number of carbonyl (C=O) groups is 3. The van der Waals surface area contributed by atoms with E-state index in [1.54, 1.807) is 11.8 Å². The second kappa shape index (κ2) is 10.8. The Labute approximate surface area is 136 Å². The minimum Gasteiger partial charge on any atom is -0.450 e. The Morgan fingerprint density at radius 3 is 2.43 bits per heavy atom. The molecule has 132 valence electrons. The number of carbonyl (C=O) groups excluding carboxylic acids is 3. The van der Waals surface area contributed by atoms with Crippen molar-refractivity contribution in [1.29, 1.82) is 0 Å². The van der Waals surface area contributed by atoms with Crippen LogP contribution in [-0.4, -0.2) is 66.8 Å². The molecule has 1 saturated heterocycles. The lowest BCUT2D eigenvalue weighted by Gasteiger charge is -2.31. The molecule has 0 aromatic carbocycles. The van der Waals surface area contributed by atoms with Crippen molar-refractivity contribution in [3.8, 4) is 0 Å². The zero-order chi connectivity index (χ0) is 17.1. The molecule has 0 aromatic rings. The van der Waals surface area contributed by atoms with Gasteiger partial charge in [0.25, 0.3) is 0 Å². The van der Waals surface area contributed by atoms with Gasteiger partial charge in [-0.15, -0.1) is 0 Å². The molecule has 0 atom stereocenters. The highest BCUT2D eigenvalue weighted by Gasteiger charge is 2.26. The van der Waals surface area contributed by atoms with E-state index in [0.29, 0.717) is 45.5 Å².